The van der Waals surface area contributed by atoms with Crippen molar-refractivity contribution in [2.45, 2.75) is 71.1 Å². The molecule has 5 rings (SSSR count). The first-order valence-corrected chi connectivity index (χ1v) is 14.2. The maximum absolute atomic E-state index is 13.0. The standard InChI is InChI=1S/C31H35ClN6O3/c1-18-26(23-10-5-6-11-25(23)34-18)27-24(32)17-33-29(38-27)36-22-9-7-8-21(16-22)35-28(39)19-12-14-20(15-13-19)37-30(40)41-31(2,3)4/h5-6,10-15,17,21-22,34H,7-9,16H2,1-4H3,(H,35,39)(H,37,40)(H,33,36,38)/t21?,22-/m1/s1. The number of H-pyrrole nitrogens is 1. The van der Waals surface area contributed by atoms with E-state index in [0.29, 0.717) is 27.9 Å². The second-order valence-electron chi connectivity index (χ2n) is 11.4. The average Bonchev–Trinajstić information content (AvgIpc) is 3.25. The summed E-state index contributed by atoms with van der Waals surface area (Å²) in [6.45, 7) is 7.42. The lowest BCUT2D eigenvalue weighted by atomic mass is 9.91. The summed E-state index contributed by atoms with van der Waals surface area (Å²) in [6.07, 6.45) is 4.65. The topological polar surface area (TPSA) is 121 Å². The maximum Gasteiger partial charge on any atom is 0.412 e. The SMILES string of the molecule is Cc1[nH]c2ccccc2c1-c1nc(N[C@@H]2CCCC(NC(=O)c3ccc(NC(=O)OC(C)(C)C)cc3)C2)ncc1Cl. The first kappa shape index (κ1) is 28.4. The summed E-state index contributed by atoms with van der Waals surface area (Å²) in [5.41, 5.74) is 4.17. The smallest absolute Gasteiger partial charge is 0.412 e. The van der Waals surface area contributed by atoms with Gasteiger partial charge >= 0.3 is 6.09 Å². The Bertz CT molecular complexity index is 1560. The molecule has 1 fully saturated rings. The molecule has 1 saturated carbocycles. The fourth-order valence-electron chi connectivity index (χ4n) is 5.22. The normalized spacial score (nSPS) is 17.2. The summed E-state index contributed by atoms with van der Waals surface area (Å²) in [7, 11) is 0. The van der Waals surface area contributed by atoms with Crippen molar-refractivity contribution in [3.63, 3.8) is 0 Å². The lowest BCUT2D eigenvalue weighted by Gasteiger charge is -2.30. The number of carbonyl (C=O) groups is 2. The lowest BCUT2D eigenvalue weighted by Crippen LogP contribution is -2.42. The Morgan fingerprint density at radius 3 is 2.54 bits per heavy atom. The van der Waals surface area contributed by atoms with Gasteiger partial charge in [-0.1, -0.05) is 29.8 Å². The maximum atomic E-state index is 13.0. The molecule has 41 heavy (non-hydrogen) atoms. The van der Waals surface area contributed by atoms with Crippen LogP contribution in [-0.2, 0) is 4.74 Å². The van der Waals surface area contributed by atoms with Crippen LogP contribution in [0.15, 0.2) is 54.7 Å². The number of carbonyl (C=O) groups excluding carboxylic acids is 2. The van der Waals surface area contributed by atoms with Crippen molar-refractivity contribution in [2.24, 2.45) is 0 Å². The number of para-hydroxylation sites is 1. The van der Waals surface area contributed by atoms with Crippen molar-refractivity contribution in [3.05, 3.63) is 71.0 Å². The van der Waals surface area contributed by atoms with Gasteiger partial charge in [0, 0.05) is 45.5 Å². The second-order valence-corrected chi connectivity index (χ2v) is 11.9. The van der Waals surface area contributed by atoms with Gasteiger partial charge in [-0.25, -0.2) is 14.8 Å². The van der Waals surface area contributed by atoms with Crippen LogP contribution in [0.25, 0.3) is 22.2 Å². The molecule has 10 heteroatoms. The van der Waals surface area contributed by atoms with Gasteiger partial charge in [-0.05, 0) is 83.7 Å². The van der Waals surface area contributed by atoms with Crippen molar-refractivity contribution in [1.29, 1.82) is 0 Å². The highest BCUT2D eigenvalue weighted by Gasteiger charge is 2.25. The van der Waals surface area contributed by atoms with Gasteiger partial charge in [0.25, 0.3) is 5.91 Å². The van der Waals surface area contributed by atoms with Gasteiger partial charge in [-0.3, -0.25) is 10.1 Å². The van der Waals surface area contributed by atoms with Crippen LogP contribution in [0.2, 0.25) is 5.02 Å². The quantitative estimate of drug-likeness (QED) is 0.195. The zero-order valence-electron chi connectivity index (χ0n) is 23.7. The Labute approximate surface area is 244 Å². The van der Waals surface area contributed by atoms with Crippen LogP contribution < -0.4 is 16.0 Å². The summed E-state index contributed by atoms with van der Waals surface area (Å²) in [5, 5.41) is 10.9. The zero-order chi connectivity index (χ0) is 29.1. The molecule has 0 saturated heterocycles. The Balaban J connectivity index is 1.21. The van der Waals surface area contributed by atoms with Gasteiger partial charge < -0.3 is 20.4 Å². The molecule has 1 unspecified atom stereocenters. The van der Waals surface area contributed by atoms with Crippen LogP contribution in [-0.4, -0.2) is 44.6 Å². The number of amides is 2. The Morgan fingerprint density at radius 2 is 1.78 bits per heavy atom. The van der Waals surface area contributed by atoms with Crippen LogP contribution in [0.3, 0.4) is 0 Å². The number of halogens is 1. The molecular weight excluding hydrogens is 540 g/mol. The van der Waals surface area contributed by atoms with Crippen molar-refractivity contribution in [2.75, 3.05) is 10.6 Å². The minimum Gasteiger partial charge on any atom is -0.444 e. The molecule has 4 N–H and O–H groups in total. The number of nitrogens with one attached hydrogen (secondary N) is 4. The Hall–Kier alpha value is -4.11. The molecule has 1 aliphatic rings. The fourth-order valence-corrected chi connectivity index (χ4v) is 5.41. The number of ether oxygens (including phenoxy) is 1. The number of rotatable bonds is 6. The zero-order valence-corrected chi connectivity index (χ0v) is 24.4. The van der Waals surface area contributed by atoms with E-state index in [1.165, 1.54) is 0 Å². The van der Waals surface area contributed by atoms with E-state index in [1.807, 2.05) is 25.1 Å². The number of fused-ring (bicyclic) bond motifs is 1. The fraction of sp³-hybridized carbons (Fsp3) is 0.355. The molecule has 2 heterocycles. The molecule has 2 amide bonds. The molecule has 9 nitrogen and oxygen atoms in total. The third-order valence-corrected chi connectivity index (χ3v) is 7.29. The molecule has 0 bridgehead atoms. The number of aromatic nitrogens is 3. The van der Waals surface area contributed by atoms with Crippen LogP contribution >= 0.6 is 11.6 Å². The number of aryl methyl sites for hydroxylation is 1. The minimum atomic E-state index is -0.588. The summed E-state index contributed by atoms with van der Waals surface area (Å²) < 4.78 is 5.27. The van der Waals surface area contributed by atoms with Gasteiger partial charge in [-0.2, -0.15) is 0 Å². The van der Waals surface area contributed by atoms with E-state index in [0.717, 1.165) is 47.8 Å². The third-order valence-electron chi connectivity index (χ3n) is 7.01. The molecule has 0 aliphatic heterocycles. The number of hydrogen-bond donors (Lipinski definition) is 4. The first-order valence-electron chi connectivity index (χ1n) is 13.8. The summed E-state index contributed by atoms with van der Waals surface area (Å²) >= 11 is 6.56. The predicted octanol–water partition coefficient (Wildman–Crippen LogP) is 7.09. The number of anilines is 2. The van der Waals surface area contributed by atoms with E-state index < -0.39 is 11.7 Å². The summed E-state index contributed by atoms with van der Waals surface area (Å²) in [5.74, 6) is 0.360. The largest absolute Gasteiger partial charge is 0.444 e. The first-order chi connectivity index (χ1) is 19.6. The van der Waals surface area contributed by atoms with E-state index >= 15 is 0 Å². The molecule has 0 radical (unpaired) electrons. The van der Waals surface area contributed by atoms with Crippen LogP contribution in [0.5, 0.6) is 0 Å². The van der Waals surface area contributed by atoms with Gasteiger partial charge in [-0.15, -0.1) is 0 Å². The lowest BCUT2D eigenvalue weighted by molar-refractivity contribution is 0.0635. The van der Waals surface area contributed by atoms with Crippen LogP contribution in [0.1, 0.15) is 62.5 Å². The molecule has 2 atom stereocenters. The number of aromatic amines is 1. The van der Waals surface area contributed by atoms with Gasteiger partial charge in [0.2, 0.25) is 5.95 Å². The van der Waals surface area contributed by atoms with Crippen LogP contribution in [0.4, 0.5) is 16.4 Å². The van der Waals surface area contributed by atoms with Gasteiger partial charge in [0.1, 0.15) is 5.60 Å². The molecule has 214 valence electrons. The van der Waals surface area contributed by atoms with E-state index in [-0.39, 0.29) is 18.0 Å². The van der Waals surface area contributed by atoms with E-state index in [2.05, 4.69) is 32.0 Å². The van der Waals surface area contributed by atoms with Crippen LogP contribution in [0, 0.1) is 6.92 Å². The van der Waals surface area contributed by atoms with Crippen molar-refractivity contribution >= 4 is 46.1 Å². The van der Waals surface area contributed by atoms with Crippen molar-refractivity contribution < 1.29 is 14.3 Å². The molecule has 1 aliphatic carbocycles. The minimum absolute atomic E-state index is 0.0101. The number of benzene rings is 2. The van der Waals surface area contributed by atoms with E-state index in [9.17, 15) is 9.59 Å². The highest BCUT2D eigenvalue weighted by molar-refractivity contribution is 6.33. The monoisotopic (exact) mass is 574 g/mol. The number of hydrogen-bond acceptors (Lipinski definition) is 6. The predicted molar refractivity (Wildman–Crippen MR) is 163 cm³/mol. The molecular formula is C31H35ClN6O3. The van der Waals surface area contributed by atoms with E-state index in [1.54, 1.807) is 51.2 Å². The molecule has 2 aromatic heterocycles. The van der Waals surface area contributed by atoms with Crippen molar-refractivity contribution in [3.8, 4) is 11.3 Å². The summed E-state index contributed by atoms with van der Waals surface area (Å²) in [4.78, 5) is 37.6. The summed E-state index contributed by atoms with van der Waals surface area (Å²) in [6, 6.07) is 15.0. The molecule has 4 aromatic rings. The van der Waals surface area contributed by atoms with Gasteiger partial charge in [0.05, 0.1) is 16.9 Å². The Kier molecular flexibility index (Phi) is 8.17. The molecule has 0 spiro atoms. The van der Waals surface area contributed by atoms with Crippen molar-refractivity contribution in [1.82, 2.24) is 20.3 Å². The second kappa shape index (κ2) is 11.8. The van der Waals surface area contributed by atoms with Gasteiger partial charge in [0.15, 0.2) is 0 Å². The highest BCUT2D eigenvalue weighted by Crippen LogP contribution is 2.35. The molecule has 2 aromatic carbocycles. The number of nitrogens with zero attached hydrogens (tertiary/aromatic N) is 2. The highest BCUT2D eigenvalue weighted by atomic mass is 35.5. The average molecular weight is 575 g/mol. The Morgan fingerprint density at radius 1 is 1.05 bits per heavy atom. The van der Waals surface area contributed by atoms with E-state index in [4.69, 9.17) is 21.3 Å². The third kappa shape index (κ3) is 6.97.